The van der Waals surface area contributed by atoms with Gasteiger partial charge < -0.3 is 50.1 Å². The molecule has 5 aromatic rings. The first kappa shape index (κ1) is 47.7. The normalized spacial score (nSPS) is 15.5. The maximum Gasteiger partial charge on any atom is 0.419 e. The fraction of sp³-hybridized carbons (Fsp3) is 0.435. The van der Waals surface area contributed by atoms with Gasteiger partial charge in [-0.25, -0.2) is 4.39 Å². The van der Waals surface area contributed by atoms with Crippen LogP contribution in [0.3, 0.4) is 0 Å². The molecule has 14 nitrogen and oxygen atoms in total. The molecule has 5 N–H and O–H groups in total. The first-order chi connectivity index (χ1) is 30.6. The summed E-state index contributed by atoms with van der Waals surface area (Å²) in [5.74, 6) is -0.633. The molecule has 4 heterocycles. The molecule has 2 aliphatic heterocycles. The number of halogens is 4. The maximum absolute atomic E-state index is 13.8. The van der Waals surface area contributed by atoms with Crippen molar-refractivity contribution in [3.05, 3.63) is 116 Å². The van der Waals surface area contributed by atoms with Gasteiger partial charge in [-0.1, -0.05) is 6.07 Å². The van der Waals surface area contributed by atoms with E-state index < -0.39 is 17.6 Å². The van der Waals surface area contributed by atoms with Gasteiger partial charge in [0.2, 0.25) is 0 Å². The van der Waals surface area contributed by atoms with Gasteiger partial charge >= 0.3 is 6.18 Å². The molecule has 0 atom stereocenters. The Hall–Kier alpha value is -5.82. The fourth-order valence-electron chi connectivity index (χ4n) is 8.26. The second-order valence-electron chi connectivity index (χ2n) is 16.0. The molecule has 2 amide bonds. The number of benzene rings is 3. The molecule has 2 aliphatic rings. The monoisotopic (exact) mass is 892 g/mol. The van der Waals surface area contributed by atoms with E-state index >= 15 is 0 Å². The highest BCUT2D eigenvalue weighted by Crippen LogP contribution is 2.32. The van der Waals surface area contributed by atoms with Gasteiger partial charge in [-0.2, -0.15) is 13.2 Å². The lowest BCUT2D eigenvalue weighted by molar-refractivity contribution is -0.140. The van der Waals surface area contributed by atoms with Crippen molar-refractivity contribution < 1.29 is 36.6 Å². The molecule has 3 aromatic carbocycles. The number of hydrogen-bond acceptors (Lipinski definition) is 10. The molecule has 18 heteroatoms. The van der Waals surface area contributed by atoms with Gasteiger partial charge in [0.1, 0.15) is 17.3 Å². The van der Waals surface area contributed by atoms with Gasteiger partial charge in [-0.05, 0) is 93.8 Å². The number of ether oxygens (including phenoxy) is 2. The molecule has 0 bridgehead atoms. The summed E-state index contributed by atoms with van der Waals surface area (Å²) in [4.78, 5) is 54.7. The van der Waals surface area contributed by atoms with Crippen LogP contribution in [-0.2, 0) is 25.8 Å². The number of pyridine rings is 2. The van der Waals surface area contributed by atoms with Gasteiger partial charge in [-0.15, -0.1) is 0 Å². The second-order valence-corrected chi connectivity index (χ2v) is 16.0. The second kappa shape index (κ2) is 21.2. The summed E-state index contributed by atoms with van der Waals surface area (Å²) < 4.78 is 66.1. The number of methoxy groups -OCH3 is 2. The zero-order valence-electron chi connectivity index (χ0n) is 36.5. The Balaban J connectivity index is 0.000000228. The van der Waals surface area contributed by atoms with Crippen LogP contribution in [0.1, 0.15) is 57.5 Å². The number of fused-ring (bicyclic) bond motifs is 2. The van der Waals surface area contributed by atoms with Crippen molar-refractivity contribution in [1.82, 2.24) is 34.9 Å². The third-order valence-electron chi connectivity index (χ3n) is 12.0. The maximum atomic E-state index is 13.8. The Morgan fingerprint density at radius 1 is 0.688 bits per heavy atom. The van der Waals surface area contributed by atoms with E-state index in [0.29, 0.717) is 64.2 Å². The first-order valence-corrected chi connectivity index (χ1v) is 21.3. The van der Waals surface area contributed by atoms with E-state index in [0.717, 1.165) is 75.9 Å². The third-order valence-corrected chi connectivity index (χ3v) is 12.0. The summed E-state index contributed by atoms with van der Waals surface area (Å²) in [7, 11) is 6.20. The van der Waals surface area contributed by atoms with Gasteiger partial charge in [0.05, 0.1) is 41.9 Å². The molecular weight excluding hydrogens is 837 g/mol. The Morgan fingerprint density at radius 2 is 1.16 bits per heavy atom. The van der Waals surface area contributed by atoms with Gasteiger partial charge in [0.15, 0.2) is 0 Å². The van der Waals surface area contributed by atoms with Crippen LogP contribution in [0, 0.1) is 5.82 Å². The van der Waals surface area contributed by atoms with Crippen molar-refractivity contribution in [3.8, 4) is 11.5 Å². The van der Waals surface area contributed by atoms with Gasteiger partial charge in [-0.3, -0.25) is 19.2 Å². The summed E-state index contributed by atoms with van der Waals surface area (Å²) in [6, 6.07) is 16.9. The van der Waals surface area contributed by atoms with Crippen LogP contribution in [0.25, 0.3) is 21.8 Å². The number of amides is 2. The van der Waals surface area contributed by atoms with Crippen molar-refractivity contribution in [1.29, 1.82) is 0 Å². The van der Waals surface area contributed by atoms with Crippen LogP contribution in [0.15, 0.2) is 76.3 Å². The minimum atomic E-state index is -4.71. The summed E-state index contributed by atoms with van der Waals surface area (Å²) in [5, 5.41) is 9.88. The molecule has 7 rings (SSSR count). The summed E-state index contributed by atoms with van der Waals surface area (Å²) in [5.41, 5.74) is 6.73. The lowest BCUT2D eigenvalue weighted by Crippen LogP contribution is -2.43. The first-order valence-electron chi connectivity index (χ1n) is 21.3. The van der Waals surface area contributed by atoms with Crippen molar-refractivity contribution in [2.24, 2.45) is 5.73 Å². The Morgan fingerprint density at radius 3 is 1.58 bits per heavy atom. The summed E-state index contributed by atoms with van der Waals surface area (Å²) >= 11 is 0. The van der Waals surface area contributed by atoms with E-state index in [1.54, 1.807) is 54.7 Å². The number of aromatic nitrogens is 2. The number of rotatable bonds is 13. The van der Waals surface area contributed by atoms with Crippen molar-refractivity contribution in [2.45, 2.75) is 63.6 Å². The number of nitrogens with one attached hydrogen (secondary N) is 3. The molecule has 344 valence electrons. The van der Waals surface area contributed by atoms with Crippen LogP contribution < -0.4 is 42.3 Å². The number of hydrogen-bond donors (Lipinski definition) is 4. The molecule has 2 saturated heterocycles. The largest absolute Gasteiger partial charge is 0.497 e. The number of piperidine rings is 2. The van der Waals surface area contributed by atoms with E-state index in [-0.39, 0.29) is 41.6 Å². The highest BCUT2D eigenvalue weighted by molar-refractivity contribution is 6.07. The number of carbonyl (C=O) groups excluding carboxylic acids is 2. The Bertz CT molecular complexity index is 2570. The lowest BCUT2D eigenvalue weighted by atomic mass is 10.0. The smallest absolute Gasteiger partial charge is 0.419 e. The predicted molar refractivity (Wildman–Crippen MR) is 238 cm³/mol. The average molecular weight is 893 g/mol. The standard InChI is InChI=1S/C27H30F4N4O3.C19H26N4O3/c1-32-26(37)21-15-25(36)35(24-14-19(38-2)4-5-20(21)24)12-11-34-9-7-18(8-10-34)33-16-17-3-6-22(23(28)13-17)27(29,30)31;1-21-19(25)16-12-18(24)23(10-9-22-7-5-13(20)6-8-22)17-11-14(26-2)3-4-15(16)17/h3-6,13-15,18,33H,7-12,16H2,1-2H3,(H,32,37);3-4,11-13H,5-10,20H2,1-2H3,(H,21,25). The highest BCUT2D eigenvalue weighted by Gasteiger charge is 2.34. The minimum Gasteiger partial charge on any atom is -0.497 e. The summed E-state index contributed by atoms with van der Waals surface area (Å²) in [6.45, 7) is 6.12. The zero-order chi connectivity index (χ0) is 46.1. The van der Waals surface area contributed by atoms with Crippen molar-refractivity contribution in [3.63, 3.8) is 0 Å². The topological polar surface area (TPSA) is 165 Å². The van der Waals surface area contributed by atoms with Crippen molar-refractivity contribution >= 4 is 33.6 Å². The molecular formula is C46H56F4N8O6. The van der Waals surface area contributed by atoms with Crippen LogP contribution in [-0.4, -0.2) is 110 Å². The number of nitrogens with two attached hydrogens (primary N) is 1. The highest BCUT2D eigenvalue weighted by atomic mass is 19.4. The SMILES string of the molecule is CNC(=O)c1cc(=O)n(CCN2CCC(N)CC2)c2cc(OC)ccc12.CNC(=O)c1cc(=O)n(CCN2CCC(NCc3ccc(C(F)(F)F)c(F)c3)CC2)c2cc(OC)ccc12. The van der Waals surface area contributed by atoms with E-state index in [2.05, 4.69) is 25.8 Å². The van der Waals surface area contributed by atoms with Crippen LogP contribution in [0.2, 0.25) is 0 Å². The lowest BCUT2D eigenvalue weighted by Gasteiger charge is -2.32. The number of nitrogens with zero attached hydrogens (tertiary/aromatic N) is 4. The molecule has 0 unspecified atom stereocenters. The molecule has 2 aromatic heterocycles. The van der Waals surface area contributed by atoms with Crippen LogP contribution >= 0.6 is 0 Å². The van der Waals surface area contributed by atoms with Gasteiger partial charge in [0.25, 0.3) is 22.9 Å². The molecule has 0 saturated carbocycles. The molecule has 0 radical (unpaired) electrons. The minimum absolute atomic E-state index is 0.149. The third kappa shape index (κ3) is 11.5. The Labute approximate surface area is 368 Å². The van der Waals surface area contributed by atoms with Gasteiger partial charge in [0, 0.05) is 93.9 Å². The van der Waals surface area contributed by atoms with Crippen LogP contribution in [0.4, 0.5) is 17.6 Å². The number of likely N-dealkylation sites (tertiary alicyclic amines) is 2. The fourth-order valence-corrected chi connectivity index (χ4v) is 8.26. The number of alkyl halides is 3. The average Bonchev–Trinajstić information content (AvgIpc) is 3.29. The molecule has 0 aliphatic carbocycles. The quantitative estimate of drug-likeness (QED) is 0.123. The molecule has 0 spiro atoms. The van der Waals surface area contributed by atoms with Crippen molar-refractivity contribution in [2.75, 3.05) is 67.6 Å². The van der Waals surface area contributed by atoms with E-state index in [1.807, 2.05) is 12.1 Å². The zero-order valence-corrected chi connectivity index (χ0v) is 36.5. The van der Waals surface area contributed by atoms with Crippen LogP contribution in [0.5, 0.6) is 11.5 Å². The summed E-state index contributed by atoms with van der Waals surface area (Å²) in [6.07, 6.45) is -1.12. The predicted octanol–water partition coefficient (Wildman–Crippen LogP) is 4.57. The molecule has 2 fully saturated rings. The number of carbonyl (C=O) groups is 2. The van der Waals surface area contributed by atoms with E-state index in [9.17, 15) is 36.7 Å². The van der Waals surface area contributed by atoms with E-state index in [4.69, 9.17) is 15.2 Å². The van der Waals surface area contributed by atoms with E-state index in [1.165, 1.54) is 25.2 Å². The molecule has 64 heavy (non-hydrogen) atoms. The Kier molecular flexibility index (Phi) is 15.8.